The van der Waals surface area contributed by atoms with Crippen molar-refractivity contribution in [2.24, 2.45) is 11.8 Å². The van der Waals surface area contributed by atoms with Crippen molar-refractivity contribution < 1.29 is 27.9 Å². The Bertz CT molecular complexity index is 724. The van der Waals surface area contributed by atoms with Crippen molar-refractivity contribution in [1.29, 1.82) is 0 Å². The fourth-order valence-electron chi connectivity index (χ4n) is 3.28. The van der Waals surface area contributed by atoms with Gasteiger partial charge in [-0.15, -0.1) is 0 Å². The van der Waals surface area contributed by atoms with E-state index in [-0.39, 0.29) is 48.1 Å². The van der Waals surface area contributed by atoms with E-state index in [4.69, 9.17) is 0 Å². The van der Waals surface area contributed by atoms with Gasteiger partial charge in [-0.2, -0.15) is 8.78 Å². The summed E-state index contributed by atoms with van der Waals surface area (Å²) in [6.07, 6.45) is 4.74. The molecule has 1 aliphatic heterocycles. The Labute approximate surface area is 148 Å². The molecule has 1 saturated heterocycles. The third-order valence-corrected chi connectivity index (χ3v) is 4.54. The number of benzene rings is 1. The van der Waals surface area contributed by atoms with Crippen LogP contribution in [0, 0.1) is 11.8 Å². The number of likely N-dealkylation sites (tertiary alicyclic amines) is 1. The van der Waals surface area contributed by atoms with Crippen molar-refractivity contribution in [3.8, 4) is 5.75 Å². The monoisotopic (exact) mass is 364 g/mol. The Balaban J connectivity index is 1.58. The van der Waals surface area contributed by atoms with Crippen LogP contribution in [0.15, 0.2) is 36.4 Å². The zero-order chi connectivity index (χ0) is 18.7. The van der Waals surface area contributed by atoms with E-state index in [9.17, 15) is 23.2 Å². The maximum atomic E-state index is 12.4. The van der Waals surface area contributed by atoms with Crippen LogP contribution in [0.2, 0.25) is 0 Å². The molecule has 138 valence electrons. The zero-order valence-corrected chi connectivity index (χ0v) is 13.9. The summed E-state index contributed by atoms with van der Waals surface area (Å²) in [5.74, 6) is -1.83. The molecule has 0 bridgehead atoms. The minimum Gasteiger partial charge on any atom is -0.433 e. The van der Waals surface area contributed by atoms with Gasteiger partial charge in [-0.25, -0.2) is 0 Å². The van der Waals surface area contributed by atoms with Gasteiger partial charge in [-0.05, 0) is 25.0 Å². The van der Waals surface area contributed by atoms with E-state index >= 15 is 0 Å². The highest BCUT2D eigenvalue weighted by molar-refractivity contribution is 6.05. The average molecular weight is 364 g/mol. The number of anilines is 1. The van der Waals surface area contributed by atoms with Crippen molar-refractivity contribution in [1.82, 2.24) is 4.90 Å². The molecular weight excluding hydrogens is 346 g/mol. The smallest absolute Gasteiger partial charge is 0.387 e. The SMILES string of the molecule is O=C(CCN1C(=O)[C@H]2CC=CC[C@H]2C1=O)Nc1ccccc1OC(F)F. The predicted octanol–water partition coefficient (Wildman–Crippen LogP) is 2.57. The molecule has 6 nitrogen and oxygen atoms in total. The second-order valence-electron chi connectivity index (χ2n) is 6.16. The Kier molecular flexibility index (Phi) is 5.29. The fourth-order valence-corrected chi connectivity index (χ4v) is 3.28. The summed E-state index contributed by atoms with van der Waals surface area (Å²) in [5.41, 5.74) is 0.106. The van der Waals surface area contributed by atoms with Gasteiger partial charge >= 0.3 is 6.61 Å². The Morgan fingerprint density at radius 3 is 2.38 bits per heavy atom. The Hall–Kier alpha value is -2.77. The Morgan fingerprint density at radius 1 is 1.15 bits per heavy atom. The number of alkyl halides is 2. The molecule has 2 aliphatic rings. The highest BCUT2D eigenvalue weighted by Gasteiger charge is 2.46. The molecule has 0 radical (unpaired) electrons. The molecule has 0 spiro atoms. The number of amides is 3. The molecule has 2 atom stereocenters. The number of imide groups is 1. The molecule has 26 heavy (non-hydrogen) atoms. The number of nitrogens with one attached hydrogen (secondary N) is 1. The average Bonchev–Trinajstić information content (AvgIpc) is 2.86. The number of rotatable bonds is 6. The van der Waals surface area contributed by atoms with Gasteiger partial charge in [-0.3, -0.25) is 19.3 Å². The first-order chi connectivity index (χ1) is 12.5. The van der Waals surface area contributed by atoms with E-state index in [1.807, 2.05) is 12.2 Å². The lowest BCUT2D eigenvalue weighted by atomic mass is 9.85. The molecule has 0 unspecified atom stereocenters. The minimum atomic E-state index is -3.01. The number of fused-ring (bicyclic) bond motifs is 1. The largest absolute Gasteiger partial charge is 0.433 e. The lowest BCUT2D eigenvalue weighted by Crippen LogP contribution is -2.34. The van der Waals surface area contributed by atoms with Crippen LogP contribution in [0.3, 0.4) is 0 Å². The number of hydrogen-bond donors (Lipinski definition) is 1. The standard InChI is InChI=1S/C18H18F2N2O4/c19-18(20)26-14-8-4-3-7-13(14)21-15(23)9-10-22-16(24)11-5-1-2-6-12(11)17(22)25/h1-4,7-8,11-12,18H,5-6,9-10H2,(H,21,23)/t11-,12+. The molecule has 3 amide bonds. The summed E-state index contributed by atoms with van der Waals surface area (Å²) < 4.78 is 29.1. The summed E-state index contributed by atoms with van der Waals surface area (Å²) in [6.45, 7) is -3.04. The van der Waals surface area contributed by atoms with Crippen LogP contribution in [0.25, 0.3) is 0 Å². The lowest BCUT2D eigenvalue weighted by molar-refractivity contribution is -0.140. The topological polar surface area (TPSA) is 75.7 Å². The van der Waals surface area contributed by atoms with Gasteiger partial charge in [0.05, 0.1) is 17.5 Å². The normalized spacial score (nSPS) is 21.9. The van der Waals surface area contributed by atoms with Gasteiger partial charge in [-0.1, -0.05) is 24.3 Å². The number of carbonyl (C=O) groups excluding carboxylic acids is 3. The van der Waals surface area contributed by atoms with Crippen LogP contribution in [-0.4, -0.2) is 35.8 Å². The molecule has 1 aromatic rings. The Morgan fingerprint density at radius 2 is 1.77 bits per heavy atom. The van der Waals surface area contributed by atoms with Crippen molar-refractivity contribution in [3.05, 3.63) is 36.4 Å². The van der Waals surface area contributed by atoms with Crippen LogP contribution in [0.1, 0.15) is 19.3 Å². The third-order valence-electron chi connectivity index (χ3n) is 4.54. The first kappa shape index (κ1) is 18.0. The molecule has 0 saturated carbocycles. The van der Waals surface area contributed by atoms with Crippen molar-refractivity contribution in [3.63, 3.8) is 0 Å². The van der Waals surface area contributed by atoms with E-state index in [1.165, 1.54) is 18.2 Å². The van der Waals surface area contributed by atoms with Crippen LogP contribution in [0.5, 0.6) is 5.75 Å². The van der Waals surface area contributed by atoms with E-state index in [2.05, 4.69) is 10.1 Å². The van der Waals surface area contributed by atoms with E-state index < -0.39 is 12.5 Å². The van der Waals surface area contributed by atoms with E-state index in [0.717, 1.165) is 4.90 Å². The molecule has 1 aliphatic carbocycles. The number of para-hydroxylation sites is 2. The molecular formula is C18H18F2N2O4. The zero-order valence-electron chi connectivity index (χ0n) is 13.9. The number of nitrogens with zero attached hydrogens (tertiary/aromatic N) is 1. The van der Waals surface area contributed by atoms with Crippen LogP contribution in [0.4, 0.5) is 14.5 Å². The highest BCUT2D eigenvalue weighted by atomic mass is 19.3. The minimum absolute atomic E-state index is 0.0334. The first-order valence-corrected chi connectivity index (χ1v) is 8.31. The quantitative estimate of drug-likeness (QED) is 0.622. The van der Waals surface area contributed by atoms with Gasteiger partial charge in [0.1, 0.15) is 5.75 Å². The van der Waals surface area contributed by atoms with Crippen molar-refractivity contribution in [2.75, 3.05) is 11.9 Å². The predicted molar refractivity (Wildman–Crippen MR) is 88.4 cm³/mol. The molecule has 3 rings (SSSR count). The molecule has 1 fully saturated rings. The summed E-state index contributed by atoms with van der Waals surface area (Å²) in [5, 5.41) is 2.47. The number of hydrogen-bond acceptors (Lipinski definition) is 4. The lowest BCUT2D eigenvalue weighted by Gasteiger charge is -2.15. The molecule has 1 N–H and O–H groups in total. The molecule has 0 aromatic heterocycles. The number of ether oxygens (including phenoxy) is 1. The van der Waals surface area contributed by atoms with Gasteiger partial charge in [0.25, 0.3) is 0 Å². The number of allylic oxidation sites excluding steroid dienone is 2. The summed E-state index contributed by atoms with van der Waals surface area (Å²) in [6, 6.07) is 5.82. The first-order valence-electron chi connectivity index (χ1n) is 8.31. The maximum absolute atomic E-state index is 12.4. The van der Waals surface area contributed by atoms with Crippen molar-refractivity contribution >= 4 is 23.4 Å². The van der Waals surface area contributed by atoms with Gasteiger partial charge in [0.2, 0.25) is 17.7 Å². The van der Waals surface area contributed by atoms with E-state index in [0.29, 0.717) is 12.8 Å². The molecule has 1 aromatic carbocycles. The summed E-state index contributed by atoms with van der Waals surface area (Å²) >= 11 is 0. The number of carbonyl (C=O) groups is 3. The van der Waals surface area contributed by atoms with Crippen LogP contribution in [-0.2, 0) is 14.4 Å². The molecule has 1 heterocycles. The summed E-state index contributed by atoms with van der Waals surface area (Å²) in [4.78, 5) is 37.9. The van der Waals surface area contributed by atoms with Crippen molar-refractivity contribution in [2.45, 2.75) is 25.9 Å². The van der Waals surface area contributed by atoms with Crippen LogP contribution >= 0.6 is 0 Å². The number of halogens is 2. The second-order valence-corrected chi connectivity index (χ2v) is 6.16. The maximum Gasteiger partial charge on any atom is 0.387 e. The highest BCUT2D eigenvalue weighted by Crippen LogP contribution is 2.35. The van der Waals surface area contributed by atoms with E-state index in [1.54, 1.807) is 6.07 Å². The summed E-state index contributed by atoms with van der Waals surface area (Å²) in [7, 11) is 0. The van der Waals surface area contributed by atoms with Gasteiger partial charge in [0.15, 0.2) is 0 Å². The van der Waals surface area contributed by atoms with Gasteiger partial charge < -0.3 is 10.1 Å². The molecule has 8 heteroatoms. The fraction of sp³-hybridized carbons (Fsp3) is 0.389. The van der Waals surface area contributed by atoms with Crippen LogP contribution < -0.4 is 10.1 Å². The second kappa shape index (κ2) is 7.63. The van der Waals surface area contributed by atoms with Gasteiger partial charge in [0, 0.05) is 13.0 Å². The third kappa shape index (κ3) is 3.74.